The second-order valence-corrected chi connectivity index (χ2v) is 5.58. The van der Waals surface area contributed by atoms with Crippen LogP contribution >= 0.6 is 24.0 Å². The van der Waals surface area contributed by atoms with Crippen LogP contribution in [-0.2, 0) is 6.54 Å². The number of hydrogen-bond acceptors (Lipinski definition) is 2. The van der Waals surface area contributed by atoms with E-state index in [0.29, 0.717) is 23.0 Å². The number of likely N-dealkylation sites (tertiary alicyclic amines) is 1. The quantitative estimate of drug-likeness (QED) is 0.926. The molecule has 1 aromatic rings. The highest BCUT2D eigenvalue weighted by Crippen LogP contribution is 2.25. The Balaban J connectivity index is 0.00000180. The SMILES string of the molecule is CC(N)C1CCN(Cc2c(F)cccc2Cl)CC1.Cl. The molecule has 1 aliphatic heterocycles. The number of nitrogens with two attached hydrogens (primary N) is 1. The zero-order valence-electron chi connectivity index (χ0n) is 11.1. The molecule has 2 nitrogen and oxygen atoms in total. The van der Waals surface area contributed by atoms with E-state index in [9.17, 15) is 4.39 Å². The van der Waals surface area contributed by atoms with Crippen LogP contribution in [0.5, 0.6) is 0 Å². The first-order chi connectivity index (χ1) is 8.58. The van der Waals surface area contributed by atoms with Gasteiger partial charge in [-0.25, -0.2) is 4.39 Å². The van der Waals surface area contributed by atoms with Crippen LogP contribution in [0.15, 0.2) is 18.2 Å². The molecule has 5 heteroatoms. The Morgan fingerprint density at radius 1 is 1.42 bits per heavy atom. The number of nitrogens with zero attached hydrogens (tertiary/aromatic N) is 1. The molecule has 0 bridgehead atoms. The average Bonchev–Trinajstić information content (AvgIpc) is 2.34. The summed E-state index contributed by atoms with van der Waals surface area (Å²) in [4.78, 5) is 2.25. The Morgan fingerprint density at radius 2 is 2.05 bits per heavy atom. The van der Waals surface area contributed by atoms with E-state index in [2.05, 4.69) is 11.8 Å². The second kappa shape index (κ2) is 7.44. The van der Waals surface area contributed by atoms with E-state index in [1.165, 1.54) is 6.07 Å². The van der Waals surface area contributed by atoms with Crippen LogP contribution in [0.2, 0.25) is 5.02 Å². The standard InChI is InChI=1S/C14H20ClFN2.ClH/c1-10(17)11-5-7-18(8-6-11)9-12-13(15)3-2-4-14(12)16;/h2-4,10-11H,5-9,17H2,1H3;1H. The summed E-state index contributed by atoms with van der Waals surface area (Å²) < 4.78 is 13.7. The van der Waals surface area contributed by atoms with E-state index in [4.69, 9.17) is 17.3 Å². The first kappa shape index (κ1) is 16.7. The van der Waals surface area contributed by atoms with Crippen molar-refractivity contribution in [2.24, 2.45) is 11.7 Å². The Morgan fingerprint density at radius 3 is 2.58 bits per heavy atom. The molecule has 1 atom stereocenters. The van der Waals surface area contributed by atoms with E-state index < -0.39 is 0 Å². The third-order valence-corrected chi connectivity index (χ3v) is 4.17. The molecular formula is C14H21Cl2FN2. The van der Waals surface area contributed by atoms with Gasteiger partial charge in [-0.3, -0.25) is 4.90 Å². The molecule has 1 fully saturated rings. The molecule has 0 aliphatic carbocycles. The molecule has 1 heterocycles. The van der Waals surface area contributed by atoms with Gasteiger partial charge in [0.25, 0.3) is 0 Å². The fraction of sp³-hybridized carbons (Fsp3) is 0.571. The molecule has 0 spiro atoms. The molecule has 2 N–H and O–H groups in total. The van der Waals surface area contributed by atoms with Crippen molar-refractivity contribution in [1.82, 2.24) is 4.90 Å². The number of piperidine rings is 1. The van der Waals surface area contributed by atoms with Gasteiger partial charge in [-0.05, 0) is 50.9 Å². The van der Waals surface area contributed by atoms with Gasteiger partial charge in [0, 0.05) is 23.2 Å². The predicted molar refractivity (Wildman–Crippen MR) is 80.3 cm³/mol. The summed E-state index contributed by atoms with van der Waals surface area (Å²) >= 11 is 6.04. The molecule has 0 radical (unpaired) electrons. The van der Waals surface area contributed by atoms with E-state index in [0.717, 1.165) is 25.9 Å². The van der Waals surface area contributed by atoms with E-state index in [-0.39, 0.29) is 24.3 Å². The highest BCUT2D eigenvalue weighted by Gasteiger charge is 2.22. The average molecular weight is 307 g/mol. The summed E-state index contributed by atoms with van der Waals surface area (Å²) in [6.07, 6.45) is 2.17. The smallest absolute Gasteiger partial charge is 0.129 e. The van der Waals surface area contributed by atoms with Gasteiger partial charge in [-0.1, -0.05) is 17.7 Å². The molecule has 19 heavy (non-hydrogen) atoms. The molecule has 0 aromatic heterocycles. The van der Waals surface area contributed by atoms with Crippen molar-refractivity contribution in [2.45, 2.75) is 32.4 Å². The van der Waals surface area contributed by atoms with Crippen LogP contribution in [0, 0.1) is 11.7 Å². The largest absolute Gasteiger partial charge is 0.328 e. The minimum absolute atomic E-state index is 0. The van der Waals surface area contributed by atoms with Gasteiger partial charge >= 0.3 is 0 Å². The Bertz CT molecular complexity index is 384. The summed E-state index contributed by atoms with van der Waals surface area (Å²) in [6, 6.07) is 5.11. The molecule has 1 aliphatic rings. The predicted octanol–water partition coefficient (Wildman–Crippen LogP) is 3.46. The van der Waals surface area contributed by atoms with Crippen LogP contribution in [0.3, 0.4) is 0 Å². The van der Waals surface area contributed by atoms with Crippen molar-refractivity contribution in [2.75, 3.05) is 13.1 Å². The Hall–Kier alpha value is -0.350. The summed E-state index contributed by atoms with van der Waals surface area (Å²) in [6.45, 7) is 4.60. The topological polar surface area (TPSA) is 29.3 Å². The first-order valence-corrected chi connectivity index (χ1v) is 6.86. The number of hydrogen-bond donors (Lipinski definition) is 1. The van der Waals surface area contributed by atoms with Crippen molar-refractivity contribution >= 4 is 24.0 Å². The van der Waals surface area contributed by atoms with Gasteiger partial charge in [0.2, 0.25) is 0 Å². The van der Waals surface area contributed by atoms with Crippen LogP contribution in [-0.4, -0.2) is 24.0 Å². The summed E-state index contributed by atoms with van der Waals surface area (Å²) in [5, 5.41) is 0.518. The zero-order chi connectivity index (χ0) is 13.1. The third kappa shape index (κ3) is 4.32. The maximum Gasteiger partial charge on any atom is 0.129 e. The molecule has 1 saturated heterocycles. The minimum atomic E-state index is -0.211. The van der Waals surface area contributed by atoms with Gasteiger partial charge < -0.3 is 5.73 Å². The molecule has 108 valence electrons. The van der Waals surface area contributed by atoms with E-state index in [1.807, 2.05) is 0 Å². The molecular weight excluding hydrogens is 286 g/mol. The van der Waals surface area contributed by atoms with Crippen molar-refractivity contribution in [3.05, 3.63) is 34.6 Å². The molecule has 1 unspecified atom stereocenters. The Labute approximate surface area is 125 Å². The lowest BCUT2D eigenvalue weighted by Crippen LogP contribution is -2.39. The lowest BCUT2D eigenvalue weighted by molar-refractivity contribution is 0.164. The van der Waals surface area contributed by atoms with Crippen molar-refractivity contribution in [1.29, 1.82) is 0 Å². The van der Waals surface area contributed by atoms with Crippen molar-refractivity contribution in [3.8, 4) is 0 Å². The van der Waals surface area contributed by atoms with Gasteiger partial charge in [0.15, 0.2) is 0 Å². The number of halogens is 3. The van der Waals surface area contributed by atoms with E-state index in [1.54, 1.807) is 12.1 Å². The summed E-state index contributed by atoms with van der Waals surface area (Å²) in [7, 11) is 0. The van der Waals surface area contributed by atoms with Crippen LogP contribution < -0.4 is 5.73 Å². The molecule has 1 aromatic carbocycles. The van der Waals surface area contributed by atoms with Gasteiger partial charge in [0.05, 0.1) is 0 Å². The summed E-state index contributed by atoms with van der Waals surface area (Å²) in [5.74, 6) is 0.383. The summed E-state index contributed by atoms with van der Waals surface area (Å²) in [5.41, 5.74) is 6.52. The maximum atomic E-state index is 13.7. The zero-order valence-corrected chi connectivity index (χ0v) is 12.7. The minimum Gasteiger partial charge on any atom is -0.328 e. The molecule has 0 amide bonds. The van der Waals surface area contributed by atoms with Gasteiger partial charge in [-0.2, -0.15) is 0 Å². The number of rotatable bonds is 3. The highest BCUT2D eigenvalue weighted by molar-refractivity contribution is 6.31. The van der Waals surface area contributed by atoms with Gasteiger partial charge in [0.1, 0.15) is 5.82 Å². The molecule has 2 rings (SSSR count). The first-order valence-electron chi connectivity index (χ1n) is 6.48. The van der Waals surface area contributed by atoms with Crippen LogP contribution in [0.1, 0.15) is 25.3 Å². The lowest BCUT2D eigenvalue weighted by Gasteiger charge is -2.33. The van der Waals surface area contributed by atoms with Crippen LogP contribution in [0.25, 0.3) is 0 Å². The van der Waals surface area contributed by atoms with Gasteiger partial charge in [-0.15, -0.1) is 12.4 Å². The fourth-order valence-corrected chi connectivity index (χ4v) is 2.77. The highest BCUT2D eigenvalue weighted by atomic mass is 35.5. The second-order valence-electron chi connectivity index (χ2n) is 5.17. The number of benzene rings is 1. The van der Waals surface area contributed by atoms with Crippen LogP contribution in [0.4, 0.5) is 4.39 Å². The third-order valence-electron chi connectivity index (χ3n) is 3.82. The Kier molecular flexibility index (Phi) is 6.54. The van der Waals surface area contributed by atoms with Crippen molar-refractivity contribution < 1.29 is 4.39 Å². The molecule has 0 saturated carbocycles. The van der Waals surface area contributed by atoms with Crippen molar-refractivity contribution in [3.63, 3.8) is 0 Å². The van der Waals surface area contributed by atoms with E-state index >= 15 is 0 Å². The maximum absolute atomic E-state index is 13.7. The lowest BCUT2D eigenvalue weighted by atomic mass is 9.91. The normalized spacial score (nSPS) is 18.9. The monoisotopic (exact) mass is 306 g/mol. The fourth-order valence-electron chi connectivity index (χ4n) is 2.54.